The van der Waals surface area contributed by atoms with Crippen molar-refractivity contribution in [1.82, 2.24) is 15.0 Å². The molecule has 9 nitrogen and oxygen atoms in total. The fourth-order valence-electron chi connectivity index (χ4n) is 3.22. The second-order valence-corrected chi connectivity index (χ2v) is 9.21. The van der Waals surface area contributed by atoms with Crippen LogP contribution in [0.1, 0.15) is 12.5 Å². The number of thioether (sulfide) groups is 1. The number of aromatic nitrogens is 2. The summed E-state index contributed by atoms with van der Waals surface area (Å²) in [6.07, 6.45) is 0. The zero-order valence-electron chi connectivity index (χ0n) is 18.3. The smallest absolute Gasteiger partial charge is 0.269 e. The van der Waals surface area contributed by atoms with Gasteiger partial charge in [-0.2, -0.15) is 5.10 Å². The average Bonchev–Trinajstić information content (AvgIpc) is 2.87. The van der Waals surface area contributed by atoms with Crippen molar-refractivity contribution in [2.45, 2.75) is 12.1 Å². The van der Waals surface area contributed by atoms with Crippen LogP contribution in [0.25, 0.3) is 16.6 Å². The number of hydrazone groups is 1. The molecule has 0 aliphatic rings. The lowest BCUT2D eigenvalue weighted by molar-refractivity contribution is -0.384. The van der Waals surface area contributed by atoms with Crippen LogP contribution in [0.5, 0.6) is 0 Å². The van der Waals surface area contributed by atoms with Crippen molar-refractivity contribution >= 4 is 55.9 Å². The number of carbonyl (C=O) groups excluding carboxylic acids is 1. The van der Waals surface area contributed by atoms with E-state index >= 15 is 0 Å². The minimum Gasteiger partial charge on any atom is -0.272 e. The van der Waals surface area contributed by atoms with Crippen LogP contribution >= 0.6 is 27.7 Å². The molecular formula is C24H18BrN5O4S. The van der Waals surface area contributed by atoms with Crippen LogP contribution in [0.3, 0.4) is 0 Å². The lowest BCUT2D eigenvalue weighted by Crippen LogP contribution is -2.24. The SMILES string of the molecule is C/C(=N\NC(=O)CSc1nc2ccccc2c(=O)n1-c1ccc(Br)cc1)c1ccc([N+](=O)[O-])cc1. The van der Waals surface area contributed by atoms with Crippen molar-refractivity contribution in [1.29, 1.82) is 0 Å². The first-order chi connectivity index (χ1) is 16.8. The lowest BCUT2D eigenvalue weighted by atomic mass is 10.1. The third kappa shape index (κ3) is 5.64. The van der Waals surface area contributed by atoms with Gasteiger partial charge < -0.3 is 0 Å². The Bertz CT molecular complexity index is 1500. The molecule has 0 aliphatic heterocycles. The van der Waals surface area contributed by atoms with E-state index in [0.717, 1.165) is 16.2 Å². The van der Waals surface area contributed by atoms with Crippen LogP contribution in [-0.2, 0) is 4.79 Å². The van der Waals surface area contributed by atoms with Crippen molar-refractivity contribution in [3.05, 3.63) is 103 Å². The number of hydrogen-bond donors (Lipinski definition) is 1. The molecule has 4 aromatic rings. The molecule has 4 rings (SSSR count). The fraction of sp³-hybridized carbons (Fsp3) is 0.0833. The first-order valence-corrected chi connectivity index (χ1v) is 12.1. The number of hydrogen-bond acceptors (Lipinski definition) is 7. The summed E-state index contributed by atoms with van der Waals surface area (Å²) in [5, 5.41) is 15.7. The van der Waals surface area contributed by atoms with Crippen LogP contribution in [-0.4, -0.2) is 31.8 Å². The highest BCUT2D eigenvalue weighted by Crippen LogP contribution is 2.22. The molecule has 1 N–H and O–H groups in total. The summed E-state index contributed by atoms with van der Waals surface area (Å²) >= 11 is 4.52. The highest BCUT2D eigenvalue weighted by molar-refractivity contribution is 9.10. The standard InChI is InChI=1S/C24H18BrN5O4S/c1-15(16-6-10-19(11-7-16)30(33)34)27-28-22(31)14-35-24-26-21-5-3-2-4-20(21)23(32)29(24)18-12-8-17(25)9-13-18/h2-13H,14H2,1H3,(H,28,31)/b27-15+. The summed E-state index contributed by atoms with van der Waals surface area (Å²) in [4.78, 5) is 40.7. The van der Waals surface area contributed by atoms with Gasteiger partial charge in [0.1, 0.15) is 0 Å². The summed E-state index contributed by atoms with van der Waals surface area (Å²) < 4.78 is 2.36. The van der Waals surface area contributed by atoms with Crippen molar-refractivity contribution in [3.8, 4) is 5.69 Å². The Hall–Kier alpha value is -3.83. The van der Waals surface area contributed by atoms with Gasteiger partial charge in [0.2, 0.25) is 0 Å². The Morgan fingerprint density at radius 2 is 1.80 bits per heavy atom. The van der Waals surface area contributed by atoms with Crippen LogP contribution < -0.4 is 11.0 Å². The van der Waals surface area contributed by atoms with E-state index in [1.807, 2.05) is 12.1 Å². The monoisotopic (exact) mass is 551 g/mol. The molecule has 11 heteroatoms. The van der Waals surface area contributed by atoms with E-state index < -0.39 is 4.92 Å². The van der Waals surface area contributed by atoms with Crippen molar-refractivity contribution < 1.29 is 9.72 Å². The van der Waals surface area contributed by atoms with E-state index in [-0.39, 0.29) is 22.9 Å². The Morgan fingerprint density at radius 3 is 2.49 bits per heavy atom. The minimum absolute atomic E-state index is 0.0262. The summed E-state index contributed by atoms with van der Waals surface area (Å²) in [6, 6.07) is 20.2. The van der Waals surface area contributed by atoms with Gasteiger partial charge in [0.15, 0.2) is 5.16 Å². The zero-order valence-corrected chi connectivity index (χ0v) is 20.7. The van der Waals surface area contributed by atoms with Crippen LogP contribution in [0, 0.1) is 10.1 Å². The van der Waals surface area contributed by atoms with E-state index in [4.69, 9.17) is 0 Å². The molecule has 0 radical (unpaired) electrons. The van der Waals surface area contributed by atoms with Gasteiger partial charge in [0, 0.05) is 16.6 Å². The fourth-order valence-corrected chi connectivity index (χ4v) is 4.29. The number of nitrogens with zero attached hydrogens (tertiary/aromatic N) is 4. The van der Waals surface area contributed by atoms with Gasteiger partial charge in [-0.3, -0.25) is 24.3 Å². The van der Waals surface area contributed by atoms with E-state index in [2.05, 4.69) is 31.4 Å². The van der Waals surface area contributed by atoms with E-state index in [9.17, 15) is 19.7 Å². The van der Waals surface area contributed by atoms with E-state index in [1.54, 1.807) is 55.5 Å². The van der Waals surface area contributed by atoms with Crippen molar-refractivity contribution in [2.75, 3.05) is 5.75 Å². The molecule has 0 unspecified atom stereocenters. The highest BCUT2D eigenvalue weighted by Gasteiger charge is 2.15. The maximum atomic E-state index is 13.3. The number of fused-ring (bicyclic) bond motifs is 1. The number of carbonyl (C=O) groups is 1. The van der Waals surface area contributed by atoms with Gasteiger partial charge in [-0.25, -0.2) is 10.4 Å². The molecule has 1 aromatic heterocycles. The maximum Gasteiger partial charge on any atom is 0.269 e. The van der Waals surface area contributed by atoms with Crippen molar-refractivity contribution in [2.24, 2.45) is 5.10 Å². The lowest BCUT2D eigenvalue weighted by Gasteiger charge is -2.13. The molecule has 3 aromatic carbocycles. The molecule has 0 bridgehead atoms. The molecule has 1 amide bonds. The number of rotatable bonds is 7. The molecule has 0 atom stereocenters. The van der Waals surface area contributed by atoms with Gasteiger partial charge in [-0.05, 0) is 61.0 Å². The quantitative estimate of drug-likeness (QED) is 0.117. The Morgan fingerprint density at radius 1 is 1.11 bits per heavy atom. The van der Waals surface area contributed by atoms with Gasteiger partial charge in [-0.15, -0.1) is 0 Å². The van der Waals surface area contributed by atoms with Gasteiger partial charge in [0.25, 0.3) is 17.2 Å². The summed E-state index contributed by atoms with van der Waals surface area (Å²) in [5.74, 6) is -0.417. The van der Waals surface area contributed by atoms with Crippen molar-refractivity contribution in [3.63, 3.8) is 0 Å². The summed E-state index contributed by atoms with van der Waals surface area (Å²) in [7, 11) is 0. The third-order valence-electron chi connectivity index (χ3n) is 5.01. The number of nitro benzene ring substituents is 1. The van der Waals surface area contributed by atoms with Gasteiger partial charge in [-0.1, -0.05) is 39.8 Å². The molecular weight excluding hydrogens is 534 g/mol. The second kappa shape index (κ2) is 10.6. The molecule has 0 saturated heterocycles. The first-order valence-electron chi connectivity index (χ1n) is 10.3. The van der Waals surface area contributed by atoms with Gasteiger partial charge >= 0.3 is 0 Å². The average molecular weight is 552 g/mol. The van der Waals surface area contributed by atoms with E-state index in [0.29, 0.717) is 33.0 Å². The molecule has 35 heavy (non-hydrogen) atoms. The predicted molar refractivity (Wildman–Crippen MR) is 139 cm³/mol. The van der Waals surface area contributed by atoms with Crippen LogP contribution in [0.15, 0.2) is 92.3 Å². The second-order valence-electron chi connectivity index (χ2n) is 7.35. The van der Waals surface area contributed by atoms with E-state index in [1.165, 1.54) is 16.7 Å². The van der Waals surface area contributed by atoms with Crippen LogP contribution in [0.4, 0.5) is 5.69 Å². The molecule has 0 fully saturated rings. The topological polar surface area (TPSA) is 119 Å². The molecule has 0 saturated carbocycles. The normalized spacial score (nSPS) is 11.4. The number of nitro groups is 1. The van der Waals surface area contributed by atoms with Crippen LogP contribution in [0.2, 0.25) is 0 Å². The number of benzene rings is 3. The Kier molecular flexibility index (Phi) is 7.37. The minimum atomic E-state index is -0.482. The molecule has 1 heterocycles. The maximum absolute atomic E-state index is 13.3. The highest BCUT2D eigenvalue weighted by atomic mass is 79.9. The Labute approximate surface area is 212 Å². The number of amides is 1. The third-order valence-corrected chi connectivity index (χ3v) is 6.47. The molecule has 0 aliphatic carbocycles. The number of non-ortho nitro benzene ring substituents is 1. The molecule has 176 valence electrons. The predicted octanol–water partition coefficient (Wildman–Crippen LogP) is 4.69. The molecule has 0 spiro atoms. The summed E-state index contributed by atoms with van der Waals surface area (Å²) in [6.45, 7) is 1.69. The summed E-state index contributed by atoms with van der Waals surface area (Å²) in [5.41, 5.74) is 4.54. The number of halogens is 1. The number of para-hydroxylation sites is 1. The Balaban J connectivity index is 1.54. The zero-order chi connectivity index (χ0) is 24.9. The van der Waals surface area contributed by atoms with Gasteiger partial charge in [0.05, 0.1) is 33.0 Å². The first kappa shape index (κ1) is 24.3. The number of nitrogens with one attached hydrogen (secondary N) is 1. The largest absolute Gasteiger partial charge is 0.272 e.